The van der Waals surface area contributed by atoms with Crippen molar-refractivity contribution in [2.24, 2.45) is 5.73 Å². The number of ether oxygens (including phenoxy) is 1. The third-order valence-electron chi connectivity index (χ3n) is 5.93. The molecule has 1 fully saturated rings. The molecule has 0 aliphatic heterocycles. The molecule has 2 heterocycles. The van der Waals surface area contributed by atoms with Crippen molar-refractivity contribution in [3.63, 3.8) is 0 Å². The number of aromatic nitrogens is 2. The summed E-state index contributed by atoms with van der Waals surface area (Å²) in [6, 6.07) is 5.70. The first-order valence-electron chi connectivity index (χ1n) is 9.65. The molecular weight excluding hydrogens is 422 g/mol. The van der Waals surface area contributed by atoms with Gasteiger partial charge in [-0.3, -0.25) is 14.1 Å². The largest absolute Gasteiger partial charge is 0.495 e. The molecule has 0 atom stereocenters. The molecule has 0 unspecified atom stereocenters. The number of nitrogens with one attached hydrogen (secondary N) is 1. The third-order valence-corrected chi connectivity index (χ3v) is 7.55. The van der Waals surface area contributed by atoms with E-state index in [1.54, 1.807) is 6.07 Å². The van der Waals surface area contributed by atoms with Gasteiger partial charge in [-0.05, 0) is 36.6 Å². The van der Waals surface area contributed by atoms with Crippen molar-refractivity contribution < 1.29 is 27.3 Å². The highest BCUT2D eigenvalue weighted by Crippen LogP contribution is 2.47. The molecule has 0 radical (unpaired) electrons. The van der Waals surface area contributed by atoms with Crippen LogP contribution >= 0.6 is 0 Å². The first-order chi connectivity index (χ1) is 14.7. The molecule has 2 aromatic heterocycles. The van der Waals surface area contributed by atoms with E-state index in [0.29, 0.717) is 29.6 Å². The summed E-state index contributed by atoms with van der Waals surface area (Å²) >= 11 is 0. The van der Waals surface area contributed by atoms with Gasteiger partial charge in [-0.2, -0.15) is 8.42 Å². The average Bonchev–Trinajstić information content (AvgIpc) is 3.40. The van der Waals surface area contributed by atoms with E-state index >= 15 is 0 Å². The van der Waals surface area contributed by atoms with Gasteiger partial charge >= 0.3 is 0 Å². The Hall–Kier alpha value is -3.24. The number of ketones is 1. The van der Waals surface area contributed by atoms with Gasteiger partial charge in [-0.25, -0.2) is 4.98 Å². The van der Waals surface area contributed by atoms with Crippen LogP contribution in [-0.2, 0) is 14.9 Å². The minimum absolute atomic E-state index is 0.000421. The summed E-state index contributed by atoms with van der Waals surface area (Å²) in [5.41, 5.74) is 6.30. The van der Waals surface area contributed by atoms with Gasteiger partial charge in [-0.15, -0.1) is 0 Å². The van der Waals surface area contributed by atoms with Gasteiger partial charge in [0.2, 0.25) is 5.91 Å². The Balaban J connectivity index is 1.96. The minimum Gasteiger partial charge on any atom is -0.495 e. The Kier molecular flexibility index (Phi) is 5.06. The van der Waals surface area contributed by atoms with Crippen LogP contribution in [0.2, 0.25) is 0 Å². The number of benzene rings is 1. The summed E-state index contributed by atoms with van der Waals surface area (Å²) < 4.78 is 38.6. The number of rotatable bonds is 6. The van der Waals surface area contributed by atoms with Gasteiger partial charge in [0.15, 0.2) is 5.78 Å². The zero-order valence-electron chi connectivity index (χ0n) is 16.7. The van der Waals surface area contributed by atoms with E-state index < -0.39 is 26.6 Å². The van der Waals surface area contributed by atoms with Gasteiger partial charge in [0.05, 0.1) is 13.3 Å². The highest BCUT2D eigenvalue weighted by atomic mass is 32.2. The maximum atomic E-state index is 13.6. The monoisotopic (exact) mass is 443 g/mol. The number of fused-ring (bicyclic) bond motifs is 1. The molecule has 1 aromatic carbocycles. The lowest BCUT2D eigenvalue weighted by molar-refractivity contribution is 0.1000. The van der Waals surface area contributed by atoms with E-state index in [9.17, 15) is 22.6 Å². The molecule has 3 aromatic rings. The van der Waals surface area contributed by atoms with Crippen molar-refractivity contribution in [2.45, 2.75) is 30.4 Å². The highest BCUT2D eigenvalue weighted by Gasteiger charge is 2.48. The Morgan fingerprint density at radius 1 is 1.19 bits per heavy atom. The number of methoxy groups -OCH3 is 1. The smallest absolute Gasteiger partial charge is 0.274 e. The van der Waals surface area contributed by atoms with Crippen molar-refractivity contribution in [1.29, 1.82) is 0 Å². The summed E-state index contributed by atoms with van der Waals surface area (Å²) in [7, 11) is -3.06. The summed E-state index contributed by atoms with van der Waals surface area (Å²) in [6.45, 7) is 0. The Morgan fingerprint density at radius 2 is 1.90 bits per heavy atom. The Labute approximate surface area is 178 Å². The number of amides is 1. The van der Waals surface area contributed by atoms with Crippen LogP contribution in [0.15, 0.2) is 36.7 Å². The van der Waals surface area contributed by atoms with Gasteiger partial charge in [0, 0.05) is 28.3 Å². The molecule has 4 N–H and O–H groups in total. The Bertz CT molecular complexity index is 1310. The summed E-state index contributed by atoms with van der Waals surface area (Å²) in [4.78, 5) is 32.5. The maximum Gasteiger partial charge on any atom is 0.274 e. The second-order valence-corrected chi connectivity index (χ2v) is 9.34. The van der Waals surface area contributed by atoms with Crippen molar-refractivity contribution in [3.8, 4) is 5.75 Å². The predicted octanol–water partition coefficient (Wildman–Crippen LogP) is 2.56. The lowest BCUT2D eigenvalue weighted by Crippen LogP contribution is -2.34. The molecule has 9 nitrogen and oxygen atoms in total. The van der Waals surface area contributed by atoms with Crippen molar-refractivity contribution in [1.82, 2.24) is 9.97 Å². The standard InChI is InChI=1S/C21H21N3O6S/c1-30-13-9-14-16(11-24-20(14)23-10-13)18(25)15-8-12(19(22)26)4-5-17(15)21(31(27,28)29)6-2-3-7-21/h4-5,8-11H,2-3,6-7H2,1H3,(H2,22,26)(H,23,24)(H,27,28,29). The van der Waals surface area contributed by atoms with Crippen LogP contribution in [0.4, 0.5) is 0 Å². The number of hydrogen-bond acceptors (Lipinski definition) is 6. The number of nitrogens with two attached hydrogens (primary N) is 1. The van der Waals surface area contributed by atoms with E-state index in [0.717, 1.165) is 0 Å². The van der Waals surface area contributed by atoms with Crippen LogP contribution in [0.25, 0.3) is 11.0 Å². The second kappa shape index (κ2) is 7.47. The molecule has 1 aliphatic rings. The molecule has 31 heavy (non-hydrogen) atoms. The normalized spacial score (nSPS) is 15.8. The quantitative estimate of drug-likeness (QED) is 0.391. The van der Waals surface area contributed by atoms with Crippen LogP contribution < -0.4 is 10.5 Å². The zero-order valence-corrected chi connectivity index (χ0v) is 17.5. The molecule has 0 spiro atoms. The molecule has 1 saturated carbocycles. The molecule has 162 valence electrons. The highest BCUT2D eigenvalue weighted by molar-refractivity contribution is 7.86. The fraction of sp³-hybridized carbons (Fsp3) is 0.286. The van der Waals surface area contributed by atoms with Gasteiger partial charge < -0.3 is 15.5 Å². The SMILES string of the molecule is COc1cnc2[nH]cc(C(=O)c3cc(C(N)=O)ccc3C3(S(=O)(=O)O)CCCC3)c2c1. The van der Waals surface area contributed by atoms with Crippen molar-refractivity contribution in [2.75, 3.05) is 7.11 Å². The summed E-state index contributed by atoms with van der Waals surface area (Å²) in [5, 5.41) is 0.479. The molecular formula is C21H21N3O6S. The van der Waals surface area contributed by atoms with Crippen molar-refractivity contribution >= 4 is 32.8 Å². The van der Waals surface area contributed by atoms with E-state index in [1.165, 1.54) is 37.7 Å². The molecule has 1 amide bonds. The molecule has 0 bridgehead atoms. The number of H-pyrrole nitrogens is 1. The number of aromatic amines is 1. The molecule has 10 heteroatoms. The predicted molar refractivity (Wildman–Crippen MR) is 113 cm³/mol. The molecule has 1 aliphatic carbocycles. The van der Waals surface area contributed by atoms with Crippen LogP contribution in [0, 0.1) is 0 Å². The average molecular weight is 443 g/mol. The molecule has 4 rings (SSSR count). The Morgan fingerprint density at radius 3 is 2.52 bits per heavy atom. The summed E-state index contributed by atoms with van der Waals surface area (Å²) in [5.74, 6) is -0.832. The number of pyridine rings is 1. The zero-order chi connectivity index (χ0) is 22.4. The van der Waals surface area contributed by atoms with Gasteiger partial charge in [-0.1, -0.05) is 18.9 Å². The maximum absolute atomic E-state index is 13.6. The summed E-state index contributed by atoms with van der Waals surface area (Å²) in [6.07, 6.45) is 4.47. The number of hydrogen-bond donors (Lipinski definition) is 3. The van der Waals surface area contributed by atoms with E-state index in [2.05, 4.69) is 9.97 Å². The lowest BCUT2D eigenvalue weighted by Gasteiger charge is -2.28. The number of nitrogens with zero attached hydrogens (tertiary/aromatic N) is 1. The minimum atomic E-state index is -4.54. The number of carbonyl (C=O) groups is 2. The number of carbonyl (C=O) groups excluding carboxylic acids is 2. The van der Waals surface area contributed by atoms with E-state index in [-0.39, 0.29) is 35.1 Å². The first kappa shape index (κ1) is 21.0. The second-order valence-electron chi connectivity index (χ2n) is 7.60. The van der Waals surface area contributed by atoms with Crippen LogP contribution in [-0.4, -0.2) is 41.7 Å². The molecule has 0 saturated heterocycles. The fourth-order valence-electron chi connectivity index (χ4n) is 4.32. The topological polar surface area (TPSA) is 152 Å². The fourth-order valence-corrected chi connectivity index (χ4v) is 5.58. The van der Waals surface area contributed by atoms with Gasteiger partial charge in [0.25, 0.3) is 10.1 Å². The van der Waals surface area contributed by atoms with Crippen LogP contribution in [0.3, 0.4) is 0 Å². The lowest BCUT2D eigenvalue weighted by atomic mass is 9.87. The number of primary amides is 1. The van der Waals surface area contributed by atoms with E-state index in [4.69, 9.17) is 10.5 Å². The van der Waals surface area contributed by atoms with Crippen LogP contribution in [0.1, 0.15) is 57.5 Å². The van der Waals surface area contributed by atoms with Crippen LogP contribution in [0.5, 0.6) is 5.75 Å². The first-order valence-corrected chi connectivity index (χ1v) is 11.1. The van der Waals surface area contributed by atoms with E-state index in [1.807, 2.05) is 0 Å². The van der Waals surface area contributed by atoms with Crippen molar-refractivity contribution in [3.05, 3.63) is 58.9 Å². The third kappa shape index (κ3) is 3.37. The van der Waals surface area contributed by atoms with Gasteiger partial charge in [0.1, 0.15) is 16.1 Å².